The van der Waals surface area contributed by atoms with Crippen molar-refractivity contribution in [2.45, 2.75) is 25.7 Å². The van der Waals surface area contributed by atoms with E-state index in [0.29, 0.717) is 33.2 Å². The lowest BCUT2D eigenvalue weighted by Crippen LogP contribution is -2.41. The largest absolute Gasteiger partial charge is 0.416 e. The molecule has 262 valence electrons. The first-order chi connectivity index (χ1) is 24.9. The molecule has 5 aromatic carbocycles. The number of pyridine rings is 1. The average Bonchev–Trinajstić information content (AvgIpc) is 3.14. The number of anilines is 1. The van der Waals surface area contributed by atoms with Gasteiger partial charge in [-0.25, -0.2) is 9.37 Å². The quantitative estimate of drug-likeness (QED) is 0.147. The Morgan fingerprint density at radius 3 is 2.19 bits per heavy atom. The minimum absolute atomic E-state index is 0.207. The van der Waals surface area contributed by atoms with Crippen molar-refractivity contribution in [2.24, 2.45) is 0 Å². The van der Waals surface area contributed by atoms with Crippen LogP contribution < -0.4 is 10.6 Å². The fourth-order valence-corrected chi connectivity index (χ4v) is 5.90. The van der Waals surface area contributed by atoms with Crippen LogP contribution in [0.25, 0.3) is 22.0 Å². The zero-order chi connectivity index (χ0) is 37.0. The van der Waals surface area contributed by atoms with Crippen LogP contribution in [0.15, 0.2) is 127 Å². The van der Waals surface area contributed by atoms with Crippen LogP contribution in [0.5, 0.6) is 0 Å². The molecule has 52 heavy (non-hydrogen) atoms. The molecule has 0 aliphatic carbocycles. The summed E-state index contributed by atoms with van der Waals surface area (Å²) in [6.07, 6.45) is -4.48. The van der Waals surface area contributed by atoms with Crippen LogP contribution in [0, 0.1) is 12.7 Å². The van der Waals surface area contributed by atoms with Gasteiger partial charge in [0.1, 0.15) is 17.7 Å². The highest BCUT2D eigenvalue weighted by Crippen LogP contribution is 2.33. The molecule has 7 nitrogen and oxygen atoms in total. The Morgan fingerprint density at radius 2 is 1.50 bits per heavy atom. The molecule has 2 N–H and O–H groups in total. The van der Waals surface area contributed by atoms with Crippen molar-refractivity contribution in [3.05, 3.63) is 167 Å². The molecular weight excluding hydrogens is 672 g/mol. The maximum Gasteiger partial charge on any atom is 0.416 e. The average molecular weight is 705 g/mol. The highest BCUT2D eigenvalue weighted by molar-refractivity contribution is 6.09. The molecule has 0 spiro atoms. The van der Waals surface area contributed by atoms with Crippen LogP contribution in [-0.4, -0.2) is 34.7 Å². The summed E-state index contributed by atoms with van der Waals surface area (Å²) in [5, 5.41) is 6.23. The number of alkyl halides is 3. The third-order valence-electron chi connectivity index (χ3n) is 8.58. The lowest BCUT2D eigenvalue weighted by atomic mass is 9.94. The van der Waals surface area contributed by atoms with Gasteiger partial charge in [0.25, 0.3) is 11.8 Å². The Kier molecular flexibility index (Phi) is 10.1. The molecule has 3 amide bonds. The van der Waals surface area contributed by atoms with Gasteiger partial charge in [0, 0.05) is 30.1 Å². The van der Waals surface area contributed by atoms with Crippen molar-refractivity contribution in [1.82, 2.24) is 15.2 Å². The molecule has 11 heteroatoms. The summed E-state index contributed by atoms with van der Waals surface area (Å²) >= 11 is 0. The summed E-state index contributed by atoms with van der Waals surface area (Å²) < 4.78 is 52.9. The molecule has 0 fully saturated rings. The summed E-state index contributed by atoms with van der Waals surface area (Å²) in [6, 6.07) is 31.5. The van der Waals surface area contributed by atoms with E-state index in [1.807, 2.05) is 0 Å². The van der Waals surface area contributed by atoms with E-state index in [1.165, 1.54) is 29.2 Å². The maximum absolute atomic E-state index is 13.6. The first-order valence-corrected chi connectivity index (χ1v) is 16.2. The molecule has 1 atom stereocenters. The standard InChI is InChI=1S/C41H32F4N4O3/c1-25-7-6-10-33(36(25)27-13-17-31(18-14-27)41(43,44)45)39(51)47-35-22-16-29-23-30(15-21-34(29)46-35)38(50)48-37(28-8-4-3-5-9-28)40(52)49(2)24-26-11-19-32(42)20-12-26/h3-23,37H,24H2,1-2H3,(H,48,50)(H,46,47,51)/t37-/m0/s1. The molecule has 6 aromatic rings. The van der Waals surface area contributed by atoms with E-state index >= 15 is 0 Å². The third-order valence-corrected chi connectivity index (χ3v) is 8.58. The van der Waals surface area contributed by atoms with Gasteiger partial charge in [0.2, 0.25) is 5.91 Å². The summed E-state index contributed by atoms with van der Waals surface area (Å²) in [4.78, 5) is 46.7. The monoisotopic (exact) mass is 704 g/mol. The van der Waals surface area contributed by atoms with E-state index in [9.17, 15) is 31.9 Å². The van der Waals surface area contributed by atoms with Gasteiger partial charge in [0.05, 0.1) is 11.1 Å². The van der Waals surface area contributed by atoms with Crippen molar-refractivity contribution in [2.75, 3.05) is 12.4 Å². The number of benzene rings is 5. The number of likely N-dealkylation sites (N-methyl/N-ethyl adjacent to an activating group) is 1. The first kappa shape index (κ1) is 35.5. The number of nitrogens with zero attached hydrogens (tertiary/aromatic N) is 2. The number of fused-ring (bicyclic) bond motifs is 1. The summed E-state index contributed by atoms with van der Waals surface area (Å²) in [6.45, 7) is 1.98. The zero-order valence-electron chi connectivity index (χ0n) is 28.0. The van der Waals surface area contributed by atoms with Crippen LogP contribution in [0.4, 0.5) is 23.4 Å². The van der Waals surface area contributed by atoms with E-state index in [2.05, 4.69) is 15.6 Å². The lowest BCUT2D eigenvalue weighted by molar-refractivity contribution is -0.137. The molecule has 0 bridgehead atoms. The molecule has 0 unspecified atom stereocenters. The molecule has 0 radical (unpaired) electrons. The Balaban J connectivity index is 1.19. The molecule has 1 heterocycles. The summed E-state index contributed by atoms with van der Waals surface area (Å²) in [5.41, 5.74) is 3.23. The van der Waals surface area contributed by atoms with Gasteiger partial charge in [0.15, 0.2) is 0 Å². The van der Waals surface area contributed by atoms with E-state index in [0.717, 1.165) is 17.7 Å². The Morgan fingerprint density at radius 1 is 0.788 bits per heavy atom. The lowest BCUT2D eigenvalue weighted by Gasteiger charge is -2.25. The smallest absolute Gasteiger partial charge is 0.339 e. The van der Waals surface area contributed by atoms with Crippen LogP contribution in [0.1, 0.15) is 49.0 Å². The molecule has 0 aliphatic rings. The second kappa shape index (κ2) is 14.9. The minimum Gasteiger partial charge on any atom is -0.339 e. The molecule has 1 aromatic heterocycles. The zero-order valence-corrected chi connectivity index (χ0v) is 28.0. The second-order valence-corrected chi connectivity index (χ2v) is 12.3. The number of carbonyl (C=O) groups is 3. The van der Waals surface area contributed by atoms with E-state index < -0.39 is 29.6 Å². The molecular formula is C41H32F4N4O3. The number of hydrogen-bond acceptors (Lipinski definition) is 4. The normalized spacial score (nSPS) is 11.9. The predicted octanol–water partition coefficient (Wildman–Crippen LogP) is 8.75. The summed E-state index contributed by atoms with van der Waals surface area (Å²) in [7, 11) is 1.61. The van der Waals surface area contributed by atoms with Crippen molar-refractivity contribution in [3.8, 4) is 11.1 Å². The van der Waals surface area contributed by atoms with Gasteiger partial charge in [-0.15, -0.1) is 0 Å². The highest BCUT2D eigenvalue weighted by Gasteiger charge is 2.30. The minimum atomic E-state index is -4.48. The number of carbonyl (C=O) groups excluding carboxylic acids is 3. The topological polar surface area (TPSA) is 91.4 Å². The fraction of sp³-hybridized carbons (Fsp3) is 0.122. The van der Waals surface area contributed by atoms with Gasteiger partial charge in [-0.3, -0.25) is 14.4 Å². The van der Waals surface area contributed by atoms with Gasteiger partial charge in [-0.05, 0) is 95.4 Å². The molecule has 0 saturated heterocycles. The van der Waals surface area contributed by atoms with Gasteiger partial charge >= 0.3 is 6.18 Å². The van der Waals surface area contributed by atoms with Crippen LogP contribution in [0.3, 0.4) is 0 Å². The van der Waals surface area contributed by atoms with Crippen molar-refractivity contribution in [3.63, 3.8) is 0 Å². The predicted molar refractivity (Wildman–Crippen MR) is 191 cm³/mol. The number of rotatable bonds is 9. The number of aryl methyl sites for hydroxylation is 1. The van der Waals surface area contributed by atoms with Crippen LogP contribution in [0.2, 0.25) is 0 Å². The van der Waals surface area contributed by atoms with Gasteiger partial charge in [-0.2, -0.15) is 13.2 Å². The SMILES string of the molecule is Cc1cccc(C(=O)Nc2ccc3cc(C(=O)N[C@H](C(=O)N(C)Cc4ccc(F)cc4)c4ccccc4)ccc3n2)c1-c1ccc(C(F)(F)F)cc1. The second-order valence-electron chi connectivity index (χ2n) is 12.3. The van der Waals surface area contributed by atoms with Crippen molar-refractivity contribution >= 4 is 34.4 Å². The number of hydrogen-bond donors (Lipinski definition) is 2. The fourth-order valence-electron chi connectivity index (χ4n) is 5.90. The van der Waals surface area contributed by atoms with Crippen molar-refractivity contribution < 1.29 is 31.9 Å². The molecule has 0 aliphatic heterocycles. The van der Waals surface area contributed by atoms with Gasteiger partial charge < -0.3 is 15.5 Å². The molecule has 0 saturated carbocycles. The van der Waals surface area contributed by atoms with E-state index in [4.69, 9.17) is 0 Å². The highest BCUT2D eigenvalue weighted by atomic mass is 19.4. The number of aromatic nitrogens is 1. The molecule has 6 rings (SSSR count). The van der Waals surface area contributed by atoms with Gasteiger partial charge in [-0.1, -0.05) is 66.7 Å². The Hall–Kier alpha value is -6.36. The number of nitrogens with one attached hydrogen (secondary N) is 2. The Labute approximate surface area is 296 Å². The Bertz CT molecular complexity index is 2260. The van der Waals surface area contributed by atoms with E-state index in [1.54, 1.807) is 105 Å². The van der Waals surface area contributed by atoms with Crippen LogP contribution in [-0.2, 0) is 17.5 Å². The van der Waals surface area contributed by atoms with Crippen molar-refractivity contribution in [1.29, 1.82) is 0 Å². The number of halogens is 4. The van der Waals surface area contributed by atoms with E-state index in [-0.39, 0.29) is 35.2 Å². The maximum atomic E-state index is 13.6. The first-order valence-electron chi connectivity index (χ1n) is 16.2. The van der Waals surface area contributed by atoms with Crippen LogP contribution >= 0.6 is 0 Å². The summed E-state index contributed by atoms with van der Waals surface area (Å²) in [5.74, 6) is -1.50. The third kappa shape index (κ3) is 7.99. The number of amides is 3.